The van der Waals surface area contributed by atoms with Crippen LogP contribution in [-0.2, 0) is 9.59 Å². The fourth-order valence-electron chi connectivity index (χ4n) is 3.15. The van der Waals surface area contributed by atoms with Crippen molar-refractivity contribution in [3.05, 3.63) is 70.9 Å². The van der Waals surface area contributed by atoms with Gasteiger partial charge in [0.1, 0.15) is 5.70 Å². The number of carbonyl (C=O) groups is 3. The van der Waals surface area contributed by atoms with Gasteiger partial charge < -0.3 is 5.32 Å². The third-order valence-corrected chi connectivity index (χ3v) is 5.89. The predicted octanol–water partition coefficient (Wildman–Crippen LogP) is 4.44. The molecule has 0 aliphatic carbocycles. The molecule has 0 atom stereocenters. The number of hydrogen-bond donors (Lipinski definition) is 2. The molecule has 3 rings (SSSR count). The van der Waals surface area contributed by atoms with E-state index in [0.29, 0.717) is 29.0 Å². The van der Waals surface area contributed by atoms with Gasteiger partial charge in [-0.15, -0.1) is 0 Å². The number of benzene rings is 2. The molecule has 0 spiro atoms. The molecule has 1 aliphatic heterocycles. The fourth-order valence-corrected chi connectivity index (χ4v) is 3.96. The van der Waals surface area contributed by atoms with E-state index in [9.17, 15) is 14.4 Å². The van der Waals surface area contributed by atoms with E-state index < -0.39 is 11.9 Å². The average Bonchev–Trinajstić information content (AvgIpc) is 3.08. The SMILES string of the molecule is CCNC(=O)NC(=O)CSC1=N/C(=C\c2ccc(C(C)C)cc2)C(=O)N1c1ccc(C)cc1. The van der Waals surface area contributed by atoms with Crippen molar-refractivity contribution in [1.29, 1.82) is 0 Å². The molecule has 1 heterocycles. The molecule has 0 saturated heterocycles. The van der Waals surface area contributed by atoms with Crippen LogP contribution in [0, 0.1) is 6.92 Å². The summed E-state index contributed by atoms with van der Waals surface area (Å²) in [6.45, 7) is 8.41. The number of amidine groups is 1. The zero-order valence-corrected chi connectivity index (χ0v) is 20.0. The van der Waals surface area contributed by atoms with E-state index in [1.807, 2.05) is 55.5 Å². The smallest absolute Gasteiger partial charge is 0.321 e. The first-order valence-corrected chi connectivity index (χ1v) is 11.8. The summed E-state index contributed by atoms with van der Waals surface area (Å²) in [4.78, 5) is 43.0. The lowest BCUT2D eigenvalue weighted by Gasteiger charge is -2.18. The molecule has 0 fully saturated rings. The van der Waals surface area contributed by atoms with Crippen molar-refractivity contribution >= 4 is 46.5 Å². The van der Waals surface area contributed by atoms with E-state index >= 15 is 0 Å². The number of nitrogens with zero attached hydrogens (tertiary/aromatic N) is 2. The monoisotopic (exact) mass is 464 g/mol. The van der Waals surface area contributed by atoms with E-state index in [2.05, 4.69) is 29.5 Å². The molecule has 2 aromatic carbocycles. The first-order chi connectivity index (χ1) is 15.8. The predicted molar refractivity (Wildman–Crippen MR) is 134 cm³/mol. The van der Waals surface area contributed by atoms with E-state index in [1.54, 1.807) is 13.0 Å². The summed E-state index contributed by atoms with van der Waals surface area (Å²) in [6, 6.07) is 15.0. The van der Waals surface area contributed by atoms with Gasteiger partial charge in [-0.3, -0.25) is 19.8 Å². The molecule has 4 amide bonds. The van der Waals surface area contributed by atoms with Crippen LogP contribution in [0.1, 0.15) is 43.4 Å². The number of hydrogen-bond acceptors (Lipinski definition) is 5. The zero-order valence-electron chi connectivity index (χ0n) is 19.2. The molecular weight excluding hydrogens is 436 g/mol. The topological polar surface area (TPSA) is 90.9 Å². The van der Waals surface area contributed by atoms with Crippen LogP contribution in [0.2, 0.25) is 0 Å². The highest BCUT2D eigenvalue weighted by atomic mass is 32.2. The lowest BCUT2D eigenvalue weighted by molar-refractivity contribution is -0.117. The quantitative estimate of drug-likeness (QED) is 0.619. The number of urea groups is 1. The molecule has 1 aliphatic rings. The highest BCUT2D eigenvalue weighted by molar-refractivity contribution is 8.14. The second-order valence-electron chi connectivity index (χ2n) is 7.92. The molecule has 2 aromatic rings. The van der Waals surface area contributed by atoms with Gasteiger partial charge in [0.15, 0.2) is 5.17 Å². The van der Waals surface area contributed by atoms with Gasteiger partial charge in [0.2, 0.25) is 5.91 Å². The van der Waals surface area contributed by atoms with Crippen LogP contribution in [0.3, 0.4) is 0 Å². The minimum absolute atomic E-state index is 0.0536. The fraction of sp³-hybridized carbons (Fsp3) is 0.280. The Bertz CT molecular complexity index is 1090. The summed E-state index contributed by atoms with van der Waals surface area (Å²) in [5, 5.41) is 5.16. The van der Waals surface area contributed by atoms with Crippen molar-refractivity contribution in [2.45, 2.75) is 33.6 Å². The van der Waals surface area contributed by atoms with Crippen LogP contribution >= 0.6 is 11.8 Å². The molecular formula is C25H28N4O3S. The minimum atomic E-state index is -0.548. The maximum atomic E-state index is 13.3. The molecule has 7 nitrogen and oxygen atoms in total. The Morgan fingerprint density at radius 2 is 1.76 bits per heavy atom. The van der Waals surface area contributed by atoms with E-state index in [4.69, 9.17) is 0 Å². The van der Waals surface area contributed by atoms with E-state index in [0.717, 1.165) is 22.9 Å². The molecule has 8 heteroatoms. The Morgan fingerprint density at radius 3 is 2.36 bits per heavy atom. The number of anilines is 1. The number of carbonyl (C=O) groups excluding carboxylic acids is 3. The van der Waals surface area contributed by atoms with Crippen molar-refractivity contribution in [2.24, 2.45) is 4.99 Å². The second-order valence-corrected chi connectivity index (χ2v) is 8.86. The normalized spacial score (nSPS) is 14.6. The van der Waals surface area contributed by atoms with Gasteiger partial charge >= 0.3 is 6.03 Å². The highest BCUT2D eigenvalue weighted by Crippen LogP contribution is 2.30. The van der Waals surface area contributed by atoms with Crippen LogP contribution in [0.25, 0.3) is 6.08 Å². The number of aryl methyl sites for hydroxylation is 1. The van der Waals surface area contributed by atoms with E-state index in [1.165, 1.54) is 10.5 Å². The number of nitrogens with one attached hydrogen (secondary N) is 2. The molecule has 0 unspecified atom stereocenters. The maximum absolute atomic E-state index is 13.3. The van der Waals surface area contributed by atoms with E-state index in [-0.39, 0.29) is 11.7 Å². The van der Waals surface area contributed by atoms with Crippen molar-refractivity contribution in [1.82, 2.24) is 10.6 Å². The van der Waals surface area contributed by atoms with Crippen LogP contribution in [0.4, 0.5) is 10.5 Å². The van der Waals surface area contributed by atoms with Crippen molar-refractivity contribution in [3.63, 3.8) is 0 Å². The largest absolute Gasteiger partial charge is 0.338 e. The molecule has 0 aromatic heterocycles. The lowest BCUT2D eigenvalue weighted by atomic mass is 10.0. The van der Waals surface area contributed by atoms with Gasteiger partial charge in [0, 0.05) is 6.54 Å². The zero-order chi connectivity index (χ0) is 24.0. The van der Waals surface area contributed by atoms with Crippen molar-refractivity contribution in [3.8, 4) is 0 Å². The van der Waals surface area contributed by atoms with Gasteiger partial charge in [-0.05, 0) is 49.1 Å². The second kappa shape index (κ2) is 11.0. The number of aliphatic imine (C=N–C) groups is 1. The summed E-state index contributed by atoms with van der Waals surface area (Å²) >= 11 is 1.11. The van der Waals surface area contributed by atoms with Crippen molar-refractivity contribution < 1.29 is 14.4 Å². The van der Waals surface area contributed by atoms with Gasteiger partial charge in [-0.1, -0.05) is 67.6 Å². The first kappa shape index (κ1) is 24.3. The van der Waals surface area contributed by atoms with Gasteiger partial charge in [-0.2, -0.15) is 0 Å². The third kappa shape index (κ3) is 6.32. The summed E-state index contributed by atoms with van der Waals surface area (Å²) in [7, 11) is 0. The average molecular weight is 465 g/mol. The molecule has 0 bridgehead atoms. The Kier molecular flexibility index (Phi) is 8.06. The van der Waals surface area contributed by atoms with Gasteiger partial charge in [0.05, 0.1) is 11.4 Å². The number of amides is 4. The summed E-state index contributed by atoms with van der Waals surface area (Å²) in [5.74, 6) is -0.365. The maximum Gasteiger partial charge on any atom is 0.321 e. The van der Waals surface area contributed by atoms with Crippen LogP contribution in [0.15, 0.2) is 59.2 Å². The Labute approximate surface area is 198 Å². The van der Waals surface area contributed by atoms with Crippen LogP contribution in [-0.4, -0.2) is 35.3 Å². The molecule has 2 N–H and O–H groups in total. The van der Waals surface area contributed by atoms with Crippen LogP contribution in [0.5, 0.6) is 0 Å². The lowest BCUT2D eigenvalue weighted by Crippen LogP contribution is -2.40. The minimum Gasteiger partial charge on any atom is -0.338 e. The molecule has 0 radical (unpaired) electrons. The molecule has 33 heavy (non-hydrogen) atoms. The number of imide groups is 1. The third-order valence-electron chi connectivity index (χ3n) is 4.95. The number of thioether (sulfide) groups is 1. The van der Waals surface area contributed by atoms with Gasteiger partial charge in [0.25, 0.3) is 5.91 Å². The van der Waals surface area contributed by atoms with Crippen LogP contribution < -0.4 is 15.5 Å². The standard InChI is InChI=1S/C25H28N4O3S/c1-5-26-24(32)28-22(30)15-33-25-27-21(14-18-8-10-19(11-9-18)16(2)3)23(31)29(25)20-12-6-17(4)7-13-20/h6-14,16H,5,15H2,1-4H3,(H2,26,28,30,32)/b21-14-. The summed E-state index contributed by atoms with van der Waals surface area (Å²) in [6.07, 6.45) is 1.75. The Balaban J connectivity index is 1.84. The molecule has 172 valence electrons. The summed E-state index contributed by atoms with van der Waals surface area (Å²) < 4.78 is 0. The summed E-state index contributed by atoms with van der Waals surface area (Å²) in [5.41, 5.74) is 4.11. The van der Waals surface area contributed by atoms with Crippen molar-refractivity contribution in [2.75, 3.05) is 17.2 Å². The van der Waals surface area contributed by atoms with Gasteiger partial charge in [-0.25, -0.2) is 9.79 Å². The highest BCUT2D eigenvalue weighted by Gasteiger charge is 2.32. The first-order valence-electron chi connectivity index (χ1n) is 10.8. The Morgan fingerprint density at radius 1 is 1.09 bits per heavy atom. The Hall–Kier alpha value is -3.39. The number of rotatable bonds is 6. The molecule has 0 saturated carbocycles.